The summed E-state index contributed by atoms with van der Waals surface area (Å²) in [7, 11) is 0. The minimum atomic E-state index is -0.265. The molecule has 1 fully saturated rings. The molecular weight excluding hydrogens is 308 g/mol. The van der Waals surface area contributed by atoms with Crippen LogP contribution in [0.15, 0.2) is 54.6 Å². The smallest absolute Gasteiger partial charge is 0.227 e. The van der Waals surface area contributed by atoms with Gasteiger partial charge in [0.05, 0.1) is 5.92 Å². The fraction of sp³-hybridized carbons (Fsp3) is 0.409. The van der Waals surface area contributed by atoms with Gasteiger partial charge in [-0.3, -0.25) is 4.79 Å². The van der Waals surface area contributed by atoms with Crippen LogP contribution in [0.3, 0.4) is 0 Å². The van der Waals surface area contributed by atoms with Crippen LogP contribution in [0.1, 0.15) is 48.9 Å². The van der Waals surface area contributed by atoms with E-state index in [2.05, 4.69) is 38.1 Å². The van der Waals surface area contributed by atoms with Crippen LogP contribution in [0, 0.1) is 12.8 Å². The lowest BCUT2D eigenvalue weighted by Gasteiger charge is -2.28. The Bertz CT molecular complexity index is 728. The minimum absolute atomic E-state index is 0.167. The SMILES string of the molecule is Cc1ccccc1C1CC(C)N(C(=O)C(C)C(N)c2ccccc2)C1. The van der Waals surface area contributed by atoms with E-state index >= 15 is 0 Å². The van der Waals surface area contributed by atoms with Crippen molar-refractivity contribution in [1.29, 1.82) is 0 Å². The molecule has 1 aliphatic rings. The monoisotopic (exact) mass is 336 g/mol. The van der Waals surface area contributed by atoms with E-state index in [-0.39, 0.29) is 23.9 Å². The number of carbonyl (C=O) groups is 1. The third kappa shape index (κ3) is 3.62. The van der Waals surface area contributed by atoms with Crippen LogP contribution in [-0.2, 0) is 4.79 Å². The van der Waals surface area contributed by atoms with Crippen LogP contribution in [0.4, 0.5) is 0 Å². The average molecular weight is 336 g/mol. The first-order valence-electron chi connectivity index (χ1n) is 9.15. The number of nitrogens with zero attached hydrogens (tertiary/aromatic N) is 1. The number of rotatable bonds is 4. The second kappa shape index (κ2) is 7.40. The summed E-state index contributed by atoms with van der Waals surface area (Å²) in [4.78, 5) is 15.1. The average Bonchev–Trinajstić information content (AvgIpc) is 3.02. The van der Waals surface area contributed by atoms with Gasteiger partial charge in [-0.1, -0.05) is 61.5 Å². The van der Waals surface area contributed by atoms with Gasteiger partial charge in [0.2, 0.25) is 5.91 Å². The molecule has 25 heavy (non-hydrogen) atoms. The molecule has 1 heterocycles. The van der Waals surface area contributed by atoms with E-state index in [1.807, 2.05) is 42.2 Å². The molecule has 0 bridgehead atoms. The number of benzene rings is 2. The second-order valence-corrected chi connectivity index (χ2v) is 7.35. The molecule has 3 nitrogen and oxygen atoms in total. The molecule has 0 spiro atoms. The number of amides is 1. The van der Waals surface area contributed by atoms with Crippen LogP contribution in [-0.4, -0.2) is 23.4 Å². The van der Waals surface area contributed by atoms with Gasteiger partial charge in [-0.2, -0.15) is 0 Å². The van der Waals surface area contributed by atoms with Crippen molar-refractivity contribution in [3.63, 3.8) is 0 Å². The molecule has 0 radical (unpaired) electrons. The second-order valence-electron chi connectivity index (χ2n) is 7.35. The highest BCUT2D eigenvalue weighted by molar-refractivity contribution is 5.80. The summed E-state index contributed by atoms with van der Waals surface area (Å²) in [5.74, 6) is 0.362. The van der Waals surface area contributed by atoms with E-state index < -0.39 is 0 Å². The predicted octanol–water partition coefficient (Wildman–Crippen LogP) is 4.04. The fourth-order valence-electron chi connectivity index (χ4n) is 3.99. The number of nitrogens with two attached hydrogens (primary N) is 1. The zero-order valence-electron chi connectivity index (χ0n) is 15.4. The van der Waals surface area contributed by atoms with Crippen molar-refractivity contribution in [1.82, 2.24) is 4.90 Å². The van der Waals surface area contributed by atoms with Crippen molar-refractivity contribution in [2.75, 3.05) is 6.54 Å². The molecule has 2 N–H and O–H groups in total. The van der Waals surface area contributed by atoms with Gasteiger partial charge in [0.15, 0.2) is 0 Å². The van der Waals surface area contributed by atoms with Gasteiger partial charge in [-0.15, -0.1) is 0 Å². The molecule has 0 saturated carbocycles. The van der Waals surface area contributed by atoms with Crippen molar-refractivity contribution in [3.8, 4) is 0 Å². The molecule has 4 unspecified atom stereocenters. The maximum Gasteiger partial charge on any atom is 0.227 e. The molecule has 0 aliphatic carbocycles. The molecule has 1 saturated heterocycles. The lowest BCUT2D eigenvalue weighted by atomic mass is 9.93. The maximum absolute atomic E-state index is 13.1. The summed E-state index contributed by atoms with van der Waals surface area (Å²) in [5, 5.41) is 0. The van der Waals surface area contributed by atoms with Crippen LogP contribution in [0.2, 0.25) is 0 Å². The third-order valence-corrected chi connectivity index (χ3v) is 5.60. The van der Waals surface area contributed by atoms with E-state index in [4.69, 9.17) is 5.73 Å². The number of likely N-dealkylation sites (tertiary alicyclic amines) is 1. The zero-order chi connectivity index (χ0) is 18.0. The molecule has 4 atom stereocenters. The number of hydrogen-bond acceptors (Lipinski definition) is 2. The fourth-order valence-corrected chi connectivity index (χ4v) is 3.99. The minimum Gasteiger partial charge on any atom is -0.339 e. The summed E-state index contributed by atoms with van der Waals surface area (Å²) >= 11 is 0. The highest BCUT2D eigenvalue weighted by Crippen LogP contribution is 2.35. The summed E-state index contributed by atoms with van der Waals surface area (Å²) in [6.07, 6.45) is 1.02. The standard InChI is InChI=1S/C22H28N2O/c1-15-9-7-8-12-20(15)19-13-16(2)24(14-19)22(25)17(3)21(23)18-10-5-4-6-11-18/h4-12,16-17,19,21H,13-14,23H2,1-3H3. The molecule has 2 aromatic carbocycles. The molecule has 3 rings (SSSR count). The van der Waals surface area contributed by atoms with Gasteiger partial charge in [0, 0.05) is 24.5 Å². The van der Waals surface area contributed by atoms with Crippen molar-refractivity contribution >= 4 is 5.91 Å². The molecule has 2 aromatic rings. The Kier molecular flexibility index (Phi) is 5.24. The summed E-state index contributed by atoms with van der Waals surface area (Å²) < 4.78 is 0. The van der Waals surface area contributed by atoms with E-state index in [1.54, 1.807) is 0 Å². The van der Waals surface area contributed by atoms with Crippen molar-refractivity contribution in [2.24, 2.45) is 11.7 Å². The Hall–Kier alpha value is -2.13. The summed E-state index contributed by atoms with van der Waals surface area (Å²) in [6, 6.07) is 18.4. The maximum atomic E-state index is 13.1. The molecule has 1 aliphatic heterocycles. The number of carbonyl (C=O) groups excluding carboxylic acids is 1. The van der Waals surface area contributed by atoms with Gasteiger partial charge < -0.3 is 10.6 Å². The quantitative estimate of drug-likeness (QED) is 0.916. The topological polar surface area (TPSA) is 46.3 Å². The molecule has 1 amide bonds. The Labute approximate surface area is 150 Å². The van der Waals surface area contributed by atoms with Crippen LogP contribution >= 0.6 is 0 Å². The largest absolute Gasteiger partial charge is 0.339 e. The Balaban J connectivity index is 1.73. The Morgan fingerprint density at radius 3 is 2.44 bits per heavy atom. The number of aryl methyl sites for hydroxylation is 1. The van der Waals surface area contributed by atoms with E-state index in [9.17, 15) is 4.79 Å². The van der Waals surface area contributed by atoms with Gasteiger partial charge in [0.1, 0.15) is 0 Å². The van der Waals surface area contributed by atoms with E-state index in [0.717, 1.165) is 18.5 Å². The first kappa shape index (κ1) is 17.7. The van der Waals surface area contributed by atoms with E-state index in [1.165, 1.54) is 11.1 Å². The third-order valence-electron chi connectivity index (χ3n) is 5.60. The molecule has 0 aromatic heterocycles. The normalized spacial score (nSPS) is 22.6. The summed E-state index contributed by atoms with van der Waals surface area (Å²) in [5.41, 5.74) is 10.1. The first-order valence-corrected chi connectivity index (χ1v) is 9.15. The first-order chi connectivity index (χ1) is 12.0. The Morgan fingerprint density at radius 2 is 1.76 bits per heavy atom. The van der Waals surface area contributed by atoms with Crippen LogP contribution in [0.5, 0.6) is 0 Å². The summed E-state index contributed by atoms with van der Waals surface area (Å²) in [6.45, 7) is 7.04. The highest BCUT2D eigenvalue weighted by atomic mass is 16.2. The predicted molar refractivity (Wildman–Crippen MR) is 102 cm³/mol. The van der Waals surface area contributed by atoms with Crippen LogP contribution < -0.4 is 5.73 Å². The van der Waals surface area contributed by atoms with Gasteiger partial charge in [0.25, 0.3) is 0 Å². The molecule has 132 valence electrons. The Morgan fingerprint density at radius 1 is 1.12 bits per heavy atom. The molecule has 3 heteroatoms. The lowest BCUT2D eigenvalue weighted by molar-refractivity contribution is -0.136. The van der Waals surface area contributed by atoms with Crippen molar-refractivity contribution in [2.45, 2.75) is 45.2 Å². The lowest BCUT2D eigenvalue weighted by Crippen LogP contribution is -2.41. The zero-order valence-corrected chi connectivity index (χ0v) is 15.4. The van der Waals surface area contributed by atoms with Crippen molar-refractivity contribution < 1.29 is 4.79 Å². The van der Waals surface area contributed by atoms with Gasteiger partial charge in [-0.05, 0) is 37.0 Å². The van der Waals surface area contributed by atoms with E-state index in [0.29, 0.717) is 5.92 Å². The number of hydrogen-bond donors (Lipinski definition) is 1. The highest BCUT2D eigenvalue weighted by Gasteiger charge is 2.37. The van der Waals surface area contributed by atoms with Crippen molar-refractivity contribution in [3.05, 3.63) is 71.3 Å². The molecular formula is C22H28N2O. The van der Waals surface area contributed by atoms with Gasteiger partial charge in [-0.25, -0.2) is 0 Å². The van der Waals surface area contributed by atoms with Gasteiger partial charge >= 0.3 is 0 Å². The van der Waals surface area contributed by atoms with Crippen LogP contribution in [0.25, 0.3) is 0 Å².